The molecule has 0 amide bonds. The Morgan fingerprint density at radius 2 is 1.68 bits per heavy atom. The lowest BCUT2D eigenvalue weighted by Crippen LogP contribution is -2.46. The fourth-order valence-corrected chi connectivity index (χ4v) is 3.24. The summed E-state index contributed by atoms with van der Waals surface area (Å²) < 4.78 is 0. The van der Waals surface area contributed by atoms with Crippen molar-refractivity contribution in [1.29, 1.82) is 0 Å². The minimum atomic E-state index is 0.344. The number of benzene rings is 2. The number of phenols is 1. The molecule has 2 aromatic carbocycles. The van der Waals surface area contributed by atoms with Crippen LogP contribution in [0.25, 0.3) is 0 Å². The van der Waals surface area contributed by atoms with Gasteiger partial charge in [-0.05, 0) is 29.8 Å². The molecule has 1 aliphatic heterocycles. The summed E-state index contributed by atoms with van der Waals surface area (Å²) in [5.74, 6) is 0.344. The van der Waals surface area contributed by atoms with E-state index < -0.39 is 0 Å². The highest BCUT2D eigenvalue weighted by molar-refractivity contribution is 6.35. The molecule has 0 aliphatic carbocycles. The first-order chi connectivity index (χ1) is 10.6. The maximum absolute atomic E-state index is 9.94. The van der Waals surface area contributed by atoms with E-state index in [2.05, 4.69) is 9.80 Å². The zero-order valence-corrected chi connectivity index (χ0v) is 13.7. The van der Waals surface area contributed by atoms with E-state index in [1.165, 1.54) is 0 Å². The molecule has 1 fully saturated rings. The van der Waals surface area contributed by atoms with E-state index in [4.69, 9.17) is 23.2 Å². The normalized spacial score (nSPS) is 16.0. The zero-order chi connectivity index (χ0) is 15.5. The van der Waals surface area contributed by atoms with E-state index in [0.717, 1.165) is 49.0 Å². The van der Waals surface area contributed by atoms with Crippen molar-refractivity contribution in [2.75, 3.05) is 31.1 Å². The van der Waals surface area contributed by atoms with Gasteiger partial charge in [-0.15, -0.1) is 0 Å². The van der Waals surface area contributed by atoms with Crippen molar-refractivity contribution in [2.45, 2.75) is 6.54 Å². The van der Waals surface area contributed by atoms with Gasteiger partial charge < -0.3 is 10.0 Å². The molecule has 22 heavy (non-hydrogen) atoms. The molecule has 1 heterocycles. The molecule has 0 radical (unpaired) electrons. The van der Waals surface area contributed by atoms with Crippen LogP contribution >= 0.6 is 23.2 Å². The van der Waals surface area contributed by atoms with E-state index in [1.807, 2.05) is 30.3 Å². The largest absolute Gasteiger partial charge is 0.506 e. The first-order valence-corrected chi connectivity index (χ1v) is 8.08. The highest BCUT2D eigenvalue weighted by Gasteiger charge is 2.19. The van der Waals surface area contributed by atoms with Gasteiger partial charge in [0.1, 0.15) is 5.75 Å². The Hall–Kier alpha value is -1.42. The Kier molecular flexibility index (Phi) is 4.77. The number of halogens is 2. The van der Waals surface area contributed by atoms with E-state index in [1.54, 1.807) is 12.1 Å². The molecule has 1 N–H and O–H groups in total. The molecule has 3 rings (SSSR count). The van der Waals surface area contributed by atoms with E-state index in [0.29, 0.717) is 10.8 Å². The van der Waals surface area contributed by atoms with Crippen LogP contribution in [0.2, 0.25) is 10.0 Å². The van der Waals surface area contributed by atoms with Crippen LogP contribution in [-0.2, 0) is 6.54 Å². The van der Waals surface area contributed by atoms with Crippen LogP contribution in [0.5, 0.6) is 5.75 Å². The molecular formula is C17H18Cl2N2O. The van der Waals surface area contributed by atoms with Crippen LogP contribution in [-0.4, -0.2) is 36.2 Å². The van der Waals surface area contributed by atoms with Crippen molar-refractivity contribution < 1.29 is 5.11 Å². The highest BCUT2D eigenvalue weighted by Crippen LogP contribution is 2.28. The third-order valence-electron chi connectivity index (χ3n) is 4.00. The van der Waals surface area contributed by atoms with Gasteiger partial charge in [-0.2, -0.15) is 0 Å². The minimum absolute atomic E-state index is 0.344. The van der Waals surface area contributed by atoms with Gasteiger partial charge in [0.15, 0.2) is 0 Å². The van der Waals surface area contributed by atoms with Gasteiger partial charge in [0, 0.05) is 42.8 Å². The number of piperazine rings is 1. The van der Waals surface area contributed by atoms with Gasteiger partial charge in [0.2, 0.25) is 0 Å². The van der Waals surface area contributed by atoms with E-state index in [-0.39, 0.29) is 0 Å². The number of hydrogen-bond donors (Lipinski definition) is 1. The van der Waals surface area contributed by atoms with Gasteiger partial charge in [0.25, 0.3) is 0 Å². The fraction of sp³-hybridized carbons (Fsp3) is 0.294. The summed E-state index contributed by atoms with van der Waals surface area (Å²) >= 11 is 12.2. The lowest BCUT2D eigenvalue weighted by atomic mass is 10.2. The lowest BCUT2D eigenvalue weighted by Gasteiger charge is -2.36. The maximum Gasteiger partial charge on any atom is 0.138 e. The summed E-state index contributed by atoms with van der Waals surface area (Å²) in [5.41, 5.74) is 2.01. The summed E-state index contributed by atoms with van der Waals surface area (Å²) in [4.78, 5) is 4.58. The van der Waals surface area contributed by atoms with Gasteiger partial charge in [-0.25, -0.2) is 0 Å². The number of nitrogens with zero attached hydrogens (tertiary/aromatic N) is 2. The SMILES string of the molecule is Oc1ccccc1N1CCN(Cc2ccc(Cl)cc2Cl)CC1. The van der Waals surface area contributed by atoms with Crippen LogP contribution in [0.4, 0.5) is 5.69 Å². The summed E-state index contributed by atoms with van der Waals surface area (Å²) in [6.45, 7) is 4.48. The molecule has 0 spiro atoms. The standard InChI is InChI=1S/C17H18Cl2N2O/c18-14-6-5-13(15(19)11-14)12-20-7-9-21(10-8-20)16-3-1-2-4-17(16)22/h1-6,11,22H,7-10,12H2. The van der Waals surface area contributed by atoms with Crippen molar-refractivity contribution in [1.82, 2.24) is 4.90 Å². The molecule has 0 atom stereocenters. The molecule has 0 aromatic heterocycles. The molecule has 0 saturated carbocycles. The van der Waals surface area contributed by atoms with Gasteiger partial charge in [0.05, 0.1) is 5.69 Å². The summed E-state index contributed by atoms with van der Waals surface area (Å²) in [6, 6.07) is 13.1. The van der Waals surface area contributed by atoms with Crippen LogP contribution in [0.1, 0.15) is 5.56 Å². The molecule has 1 aliphatic rings. The molecule has 0 bridgehead atoms. The number of para-hydroxylation sites is 2. The summed E-state index contributed by atoms with van der Waals surface area (Å²) in [6.07, 6.45) is 0. The van der Waals surface area contributed by atoms with Crippen molar-refractivity contribution in [3.8, 4) is 5.75 Å². The Balaban J connectivity index is 1.61. The Labute approximate surface area is 140 Å². The molecular weight excluding hydrogens is 319 g/mol. The summed E-state index contributed by atoms with van der Waals surface area (Å²) in [5, 5.41) is 11.3. The van der Waals surface area contributed by atoms with Crippen LogP contribution in [0.15, 0.2) is 42.5 Å². The second-order valence-electron chi connectivity index (χ2n) is 5.49. The predicted molar refractivity (Wildman–Crippen MR) is 92.1 cm³/mol. The minimum Gasteiger partial charge on any atom is -0.506 e. The van der Waals surface area contributed by atoms with Gasteiger partial charge >= 0.3 is 0 Å². The number of rotatable bonds is 3. The summed E-state index contributed by atoms with van der Waals surface area (Å²) in [7, 11) is 0. The zero-order valence-electron chi connectivity index (χ0n) is 12.2. The smallest absolute Gasteiger partial charge is 0.138 e. The molecule has 116 valence electrons. The Morgan fingerprint density at radius 1 is 0.955 bits per heavy atom. The van der Waals surface area contributed by atoms with Crippen LogP contribution in [0.3, 0.4) is 0 Å². The Morgan fingerprint density at radius 3 is 2.36 bits per heavy atom. The third kappa shape index (κ3) is 3.49. The second kappa shape index (κ2) is 6.78. The highest BCUT2D eigenvalue weighted by atomic mass is 35.5. The average molecular weight is 337 g/mol. The first kappa shape index (κ1) is 15.5. The van der Waals surface area contributed by atoms with E-state index in [9.17, 15) is 5.11 Å². The van der Waals surface area contributed by atoms with Crippen molar-refractivity contribution >= 4 is 28.9 Å². The lowest BCUT2D eigenvalue weighted by molar-refractivity contribution is 0.249. The van der Waals surface area contributed by atoms with Crippen molar-refractivity contribution in [2.24, 2.45) is 0 Å². The number of phenolic OH excluding ortho intramolecular Hbond substituents is 1. The van der Waals surface area contributed by atoms with Crippen LogP contribution < -0.4 is 4.90 Å². The quantitative estimate of drug-likeness (QED) is 0.916. The topological polar surface area (TPSA) is 26.7 Å². The van der Waals surface area contributed by atoms with Crippen molar-refractivity contribution in [3.05, 3.63) is 58.1 Å². The molecule has 5 heteroatoms. The molecule has 3 nitrogen and oxygen atoms in total. The third-order valence-corrected chi connectivity index (χ3v) is 4.59. The van der Waals surface area contributed by atoms with Crippen LogP contribution in [0, 0.1) is 0 Å². The first-order valence-electron chi connectivity index (χ1n) is 7.33. The maximum atomic E-state index is 9.94. The van der Waals surface area contributed by atoms with Gasteiger partial charge in [-0.3, -0.25) is 4.90 Å². The molecule has 0 unspecified atom stereocenters. The molecule has 2 aromatic rings. The Bertz CT molecular complexity index is 655. The van der Waals surface area contributed by atoms with Crippen molar-refractivity contribution in [3.63, 3.8) is 0 Å². The molecule has 1 saturated heterocycles. The number of anilines is 1. The van der Waals surface area contributed by atoms with E-state index >= 15 is 0 Å². The predicted octanol–water partition coefficient (Wildman–Crippen LogP) is 4.02. The number of hydrogen-bond acceptors (Lipinski definition) is 3. The fourth-order valence-electron chi connectivity index (χ4n) is 2.77. The number of aromatic hydroxyl groups is 1. The van der Waals surface area contributed by atoms with Gasteiger partial charge in [-0.1, -0.05) is 41.4 Å². The average Bonchev–Trinajstić information content (AvgIpc) is 2.51. The second-order valence-corrected chi connectivity index (χ2v) is 6.33. The monoisotopic (exact) mass is 336 g/mol.